The second kappa shape index (κ2) is 9.89. The summed E-state index contributed by atoms with van der Waals surface area (Å²) in [6.45, 7) is 6.85. The molecule has 2 unspecified atom stereocenters. The number of hydrogen-bond donors (Lipinski definition) is 2. The Morgan fingerprint density at radius 1 is 1.15 bits per heavy atom. The first-order valence-electron chi connectivity index (χ1n) is 11.7. The molecular formula is C27H34N4O3. The second-order valence-corrected chi connectivity index (χ2v) is 9.77. The van der Waals surface area contributed by atoms with Gasteiger partial charge in [0.1, 0.15) is 17.2 Å². The van der Waals surface area contributed by atoms with E-state index in [1.165, 1.54) is 5.56 Å². The topological polar surface area (TPSA) is 89.7 Å². The van der Waals surface area contributed by atoms with Crippen molar-refractivity contribution in [3.8, 4) is 5.75 Å². The first-order valence-corrected chi connectivity index (χ1v) is 11.7. The maximum atomic E-state index is 12.5. The molecule has 3 N–H and O–H groups in total. The van der Waals surface area contributed by atoms with Crippen LogP contribution in [0.25, 0.3) is 10.8 Å². The van der Waals surface area contributed by atoms with E-state index in [1.807, 2.05) is 51.2 Å². The summed E-state index contributed by atoms with van der Waals surface area (Å²) in [4.78, 5) is 18.8. The normalized spacial score (nSPS) is 18.6. The first kappa shape index (κ1) is 23.8. The van der Waals surface area contributed by atoms with Crippen molar-refractivity contribution in [2.45, 2.75) is 57.8 Å². The molecule has 0 spiro atoms. The van der Waals surface area contributed by atoms with Crippen LogP contribution in [-0.4, -0.2) is 41.4 Å². The van der Waals surface area contributed by atoms with Crippen LogP contribution in [0.4, 0.5) is 10.6 Å². The maximum Gasteiger partial charge on any atom is 0.411 e. The number of nitrogens with zero attached hydrogens (tertiary/aromatic N) is 2. The Morgan fingerprint density at radius 3 is 2.59 bits per heavy atom. The van der Waals surface area contributed by atoms with E-state index in [9.17, 15) is 4.79 Å². The molecule has 0 radical (unpaired) electrons. The number of piperidine rings is 1. The van der Waals surface area contributed by atoms with Crippen LogP contribution in [-0.2, 0) is 11.3 Å². The zero-order chi connectivity index (χ0) is 24.3. The monoisotopic (exact) mass is 462 g/mol. The number of ether oxygens (including phenoxy) is 2. The lowest BCUT2D eigenvalue weighted by Crippen LogP contribution is -2.51. The summed E-state index contributed by atoms with van der Waals surface area (Å²) in [5.74, 6) is 1.95. The lowest BCUT2D eigenvalue weighted by molar-refractivity contribution is 0.00893. The van der Waals surface area contributed by atoms with Gasteiger partial charge in [-0.15, -0.1) is 0 Å². The molecule has 1 aliphatic rings. The average Bonchev–Trinajstić information content (AvgIpc) is 2.81. The highest BCUT2D eigenvalue weighted by atomic mass is 16.6. The zero-order valence-electron chi connectivity index (χ0n) is 20.4. The van der Waals surface area contributed by atoms with Crippen molar-refractivity contribution in [1.82, 2.24) is 9.88 Å². The van der Waals surface area contributed by atoms with Gasteiger partial charge in [0.15, 0.2) is 0 Å². The summed E-state index contributed by atoms with van der Waals surface area (Å²) in [6, 6.07) is 16.4. The standard InChI is InChI=1S/C27H34N4O3/c1-27(2,3)34-26(32)31-15-13-19(16-24(31)28)21-6-5-7-23-22(21)12-14-29-25(23)30-17-18-8-10-20(33-4)11-9-18/h5-12,14,19,24H,13,15-17,28H2,1-4H3,(H,29,30). The Labute approximate surface area is 201 Å². The average molecular weight is 463 g/mol. The molecule has 1 aromatic heterocycles. The van der Waals surface area contributed by atoms with E-state index in [0.29, 0.717) is 19.5 Å². The van der Waals surface area contributed by atoms with Crippen molar-refractivity contribution < 1.29 is 14.3 Å². The minimum Gasteiger partial charge on any atom is -0.497 e. The van der Waals surface area contributed by atoms with Gasteiger partial charge in [-0.2, -0.15) is 0 Å². The Bertz CT molecular complexity index is 1140. The van der Waals surface area contributed by atoms with E-state index in [2.05, 4.69) is 34.6 Å². The number of nitrogens with two attached hydrogens (primary N) is 1. The van der Waals surface area contributed by atoms with Gasteiger partial charge >= 0.3 is 6.09 Å². The highest BCUT2D eigenvalue weighted by Crippen LogP contribution is 2.36. The highest BCUT2D eigenvalue weighted by molar-refractivity contribution is 5.94. The van der Waals surface area contributed by atoms with Gasteiger partial charge in [0.25, 0.3) is 0 Å². The summed E-state index contributed by atoms with van der Waals surface area (Å²) in [5, 5.41) is 5.72. The summed E-state index contributed by atoms with van der Waals surface area (Å²) >= 11 is 0. The summed E-state index contributed by atoms with van der Waals surface area (Å²) in [5.41, 5.74) is 8.28. The second-order valence-electron chi connectivity index (χ2n) is 9.77. The zero-order valence-corrected chi connectivity index (χ0v) is 20.4. The molecule has 0 aliphatic carbocycles. The van der Waals surface area contributed by atoms with Crippen molar-refractivity contribution in [2.75, 3.05) is 19.0 Å². The van der Waals surface area contributed by atoms with Crippen LogP contribution in [0.5, 0.6) is 5.75 Å². The molecule has 0 bridgehead atoms. The number of aromatic nitrogens is 1. The predicted molar refractivity (Wildman–Crippen MR) is 135 cm³/mol. The fourth-order valence-electron chi connectivity index (χ4n) is 4.48. The minimum absolute atomic E-state index is 0.259. The molecule has 7 nitrogen and oxygen atoms in total. The van der Waals surface area contributed by atoms with Crippen molar-refractivity contribution in [3.05, 3.63) is 65.9 Å². The molecule has 7 heteroatoms. The van der Waals surface area contributed by atoms with Crippen molar-refractivity contribution in [1.29, 1.82) is 0 Å². The number of hydrogen-bond acceptors (Lipinski definition) is 6. The van der Waals surface area contributed by atoms with Gasteiger partial charge in [-0.1, -0.05) is 30.3 Å². The summed E-state index contributed by atoms with van der Waals surface area (Å²) in [7, 11) is 1.67. The molecule has 2 atom stereocenters. The van der Waals surface area contributed by atoms with Crippen LogP contribution in [0, 0.1) is 0 Å². The molecule has 3 aromatic rings. The Kier molecular flexibility index (Phi) is 6.93. The number of pyridine rings is 1. The molecule has 2 aromatic carbocycles. The van der Waals surface area contributed by atoms with Crippen molar-refractivity contribution in [2.24, 2.45) is 5.73 Å². The van der Waals surface area contributed by atoms with Gasteiger partial charge < -0.3 is 20.5 Å². The Morgan fingerprint density at radius 2 is 1.91 bits per heavy atom. The number of anilines is 1. The van der Waals surface area contributed by atoms with Gasteiger partial charge in [-0.25, -0.2) is 9.78 Å². The van der Waals surface area contributed by atoms with Gasteiger partial charge in [-0.3, -0.25) is 4.90 Å². The van der Waals surface area contributed by atoms with Gasteiger partial charge in [0, 0.05) is 24.7 Å². The number of likely N-dealkylation sites (tertiary alicyclic amines) is 1. The molecule has 34 heavy (non-hydrogen) atoms. The molecule has 1 fully saturated rings. The van der Waals surface area contributed by atoms with Gasteiger partial charge in [-0.05, 0) is 74.2 Å². The number of benzene rings is 2. The van der Waals surface area contributed by atoms with E-state index >= 15 is 0 Å². The first-order chi connectivity index (χ1) is 16.2. The van der Waals surface area contributed by atoms with Crippen LogP contribution < -0.4 is 15.8 Å². The number of rotatable bonds is 5. The van der Waals surface area contributed by atoms with Crippen molar-refractivity contribution >= 4 is 22.7 Å². The number of amides is 1. The Balaban J connectivity index is 1.50. The third kappa shape index (κ3) is 5.42. The van der Waals surface area contributed by atoms with Crippen LogP contribution in [0.3, 0.4) is 0 Å². The molecule has 1 aliphatic heterocycles. The van der Waals surface area contributed by atoms with Gasteiger partial charge in [0.2, 0.25) is 0 Å². The quantitative estimate of drug-likeness (QED) is 0.538. The summed E-state index contributed by atoms with van der Waals surface area (Å²) < 4.78 is 10.8. The third-order valence-electron chi connectivity index (χ3n) is 6.17. The Hall–Kier alpha value is -3.32. The van der Waals surface area contributed by atoms with E-state index in [4.69, 9.17) is 15.2 Å². The molecule has 0 saturated carbocycles. The minimum atomic E-state index is -0.536. The maximum absolute atomic E-state index is 12.5. The molecule has 1 amide bonds. The lowest BCUT2D eigenvalue weighted by Gasteiger charge is -2.38. The number of fused-ring (bicyclic) bond motifs is 1. The number of carbonyl (C=O) groups excluding carboxylic acids is 1. The largest absolute Gasteiger partial charge is 0.497 e. The van der Waals surface area contributed by atoms with Gasteiger partial charge in [0.05, 0.1) is 13.3 Å². The van der Waals surface area contributed by atoms with Crippen molar-refractivity contribution in [3.63, 3.8) is 0 Å². The highest BCUT2D eigenvalue weighted by Gasteiger charge is 2.33. The van der Waals surface area contributed by atoms with Crippen LogP contribution in [0.1, 0.15) is 50.7 Å². The van der Waals surface area contributed by atoms with E-state index in [0.717, 1.165) is 34.3 Å². The molecule has 180 valence electrons. The number of nitrogens with one attached hydrogen (secondary N) is 1. The lowest BCUT2D eigenvalue weighted by atomic mass is 9.85. The van der Waals surface area contributed by atoms with E-state index in [1.54, 1.807) is 12.0 Å². The SMILES string of the molecule is COc1ccc(CNc2nccc3c(C4CCN(C(=O)OC(C)(C)C)C(N)C4)cccc23)cc1. The fourth-order valence-corrected chi connectivity index (χ4v) is 4.48. The molecular weight excluding hydrogens is 428 g/mol. The van der Waals surface area contributed by atoms with E-state index < -0.39 is 5.60 Å². The predicted octanol–water partition coefficient (Wildman–Crippen LogP) is 5.25. The smallest absolute Gasteiger partial charge is 0.411 e. The van der Waals surface area contributed by atoms with Crippen LogP contribution >= 0.6 is 0 Å². The number of methoxy groups -OCH3 is 1. The fraction of sp³-hybridized carbons (Fsp3) is 0.407. The molecule has 1 saturated heterocycles. The number of carbonyl (C=O) groups is 1. The molecule has 2 heterocycles. The summed E-state index contributed by atoms with van der Waals surface area (Å²) in [6.07, 6.45) is 2.65. The molecule has 4 rings (SSSR count). The third-order valence-corrected chi connectivity index (χ3v) is 6.17. The van der Waals surface area contributed by atoms with Crippen LogP contribution in [0.15, 0.2) is 54.7 Å². The van der Waals surface area contributed by atoms with E-state index in [-0.39, 0.29) is 18.2 Å². The van der Waals surface area contributed by atoms with Crippen LogP contribution in [0.2, 0.25) is 0 Å².